The Morgan fingerprint density at radius 3 is 2.73 bits per heavy atom. The van der Waals surface area contributed by atoms with Crippen LogP contribution in [-0.2, 0) is 11.2 Å². The van der Waals surface area contributed by atoms with Crippen LogP contribution in [0.1, 0.15) is 12.5 Å². The molecule has 0 amide bonds. The normalized spacial score (nSPS) is 9.53. The Labute approximate surface area is 95.0 Å². The molecule has 1 aromatic rings. The number of aldehydes is 1. The summed E-state index contributed by atoms with van der Waals surface area (Å²) in [5.74, 6) is 0. The maximum atomic E-state index is 9.05. The lowest BCUT2D eigenvalue weighted by molar-refractivity contribution is -0.106. The SMILES string of the molecule is C/C=C/Cc1ccsc1NC.NCC=O. The topological polar surface area (TPSA) is 55.1 Å². The second-order valence-electron chi connectivity index (χ2n) is 2.70. The van der Waals surface area contributed by atoms with Crippen molar-refractivity contribution in [3.63, 3.8) is 0 Å². The molecule has 1 rings (SSSR count). The highest BCUT2D eigenvalue weighted by Crippen LogP contribution is 2.22. The molecule has 0 saturated heterocycles. The van der Waals surface area contributed by atoms with Gasteiger partial charge in [0.1, 0.15) is 6.29 Å². The molecule has 0 aliphatic carbocycles. The molecule has 0 fully saturated rings. The summed E-state index contributed by atoms with van der Waals surface area (Å²) in [6.45, 7) is 2.19. The molecular formula is C11H18N2OS. The number of nitrogens with two attached hydrogens (primary N) is 1. The van der Waals surface area contributed by atoms with Crippen LogP contribution < -0.4 is 11.1 Å². The van der Waals surface area contributed by atoms with Gasteiger partial charge in [0.15, 0.2) is 0 Å². The highest BCUT2D eigenvalue weighted by molar-refractivity contribution is 7.14. The lowest BCUT2D eigenvalue weighted by Crippen LogP contribution is -1.97. The molecule has 0 atom stereocenters. The largest absolute Gasteiger partial charge is 0.380 e. The van der Waals surface area contributed by atoms with Gasteiger partial charge in [-0.1, -0.05) is 12.2 Å². The van der Waals surface area contributed by atoms with Crippen molar-refractivity contribution < 1.29 is 4.79 Å². The number of carbonyl (C=O) groups is 1. The number of anilines is 1. The van der Waals surface area contributed by atoms with Gasteiger partial charge >= 0.3 is 0 Å². The fourth-order valence-electron chi connectivity index (χ4n) is 0.961. The van der Waals surface area contributed by atoms with Gasteiger partial charge in [-0.2, -0.15) is 0 Å². The molecule has 1 heterocycles. The summed E-state index contributed by atoms with van der Waals surface area (Å²) in [4.78, 5) is 9.05. The quantitative estimate of drug-likeness (QED) is 0.610. The fourth-order valence-corrected chi connectivity index (χ4v) is 1.75. The fraction of sp³-hybridized carbons (Fsp3) is 0.364. The number of carbonyl (C=O) groups excluding carboxylic acids is 1. The van der Waals surface area contributed by atoms with Crippen LogP contribution in [0.2, 0.25) is 0 Å². The summed E-state index contributed by atoms with van der Waals surface area (Å²) in [7, 11) is 1.96. The Bertz CT molecular complexity index is 295. The van der Waals surface area contributed by atoms with E-state index in [1.54, 1.807) is 11.3 Å². The van der Waals surface area contributed by atoms with Crippen molar-refractivity contribution in [2.24, 2.45) is 5.73 Å². The van der Waals surface area contributed by atoms with E-state index in [0.717, 1.165) is 6.42 Å². The van der Waals surface area contributed by atoms with Crippen molar-refractivity contribution in [3.8, 4) is 0 Å². The average molecular weight is 226 g/mol. The molecule has 0 aliphatic heterocycles. The number of rotatable bonds is 4. The summed E-state index contributed by atoms with van der Waals surface area (Å²) in [5, 5.41) is 6.57. The maximum Gasteiger partial charge on any atom is 0.133 e. The highest BCUT2D eigenvalue weighted by Gasteiger charge is 1.98. The molecule has 0 aliphatic rings. The number of allylic oxidation sites excluding steroid dienone is 2. The number of nitrogens with one attached hydrogen (secondary N) is 1. The predicted octanol–water partition coefficient (Wildman–Crippen LogP) is 2.05. The summed E-state index contributed by atoms with van der Waals surface area (Å²) in [6.07, 6.45) is 5.94. The predicted molar refractivity (Wildman–Crippen MR) is 67.5 cm³/mol. The van der Waals surface area contributed by atoms with Gasteiger partial charge in [0.25, 0.3) is 0 Å². The molecule has 0 aromatic carbocycles. The molecule has 0 radical (unpaired) electrons. The molecule has 0 bridgehead atoms. The highest BCUT2D eigenvalue weighted by atomic mass is 32.1. The van der Waals surface area contributed by atoms with Crippen molar-refractivity contribution in [2.75, 3.05) is 18.9 Å². The summed E-state index contributed by atoms with van der Waals surface area (Å²) in [5.41, 5.74) is 6.04. The third kappa shape index (κ3) is 6.04. The molecule has 0 spiro atoms. The van der Waals surface area contributed by atoms with Crippen molar-refractivity contribution in [2.45, 2.75) is 13.3 Å². The molecule has 3 N–H and O–H groups in total. The zero-order valence-electron chi connectivity index (χ0n) is 9.19. The Balaban J connectivity index is 0.000000423. The second-order valence-corrected chi connectivity index (χ2v) is 3.62. The minimum atomic E-state index is 0.139. The first kappa shape index (κ1) is 13.9. The molecule has 1 aromatic heterocycles. The number of hydrogen-bond acceptors (Lipinski definition) is 4. The van der Waals surface area contributed by atoms with Crippen LogP contribution in [0.5, 0.6) is 0 Å². The van der Waals surface area contributed by atoms with Gasteiger partial charge in [-0.15, -0.1) is 11.3 Å². The van der Waals surface area contributed by atoms with E-state index in [-0.39, 0.29) is 6.54 Å². The number of thiophene rings is 1. The van der Waals surface area contributed by atoms with E-state index >= 15 is 0 Å². The smallest absolute Gasteiger partial charge is 0.133 e. The van der Waals surface area contributed by atoms with Gasteiger partial charge in [0.2, 0.25) is 0 Å². The van der Waals surface area contributed by atoms with Gasteiger partial charge < -0.3 is 15.8 Å². The molecule has 3 nitrogen and oxygen atoms in total. The standard InChI is InChI=1S/C9H13NS.C2H5NO/c1-3-4-5-8-6-7-11-9(8)10-2;3-1-2-4/h3-4,6-7,10H,5H2,1-2H3;2H,1,3H2/b4-3+;. The first-order chi connectivity index (χ1) is 7.29. The first-order valence-corrected chi connectivity index (χ1v) is 5.67. The first-order valence-electron chi connectivity index (χ1n) is 4.79. The Hall–Kier alpha value is -1.13. The lowest BCUT2D eigenvalue weighted by Gasteiger charge is -1.97. The molecule has 84 valence electrons. The Morgan fingerprint density at radius 2 is 2.27 bits per heavy atom. The van der Waals surface area contributed by atoms with Crippen molar-refractivity contribution in [3.05, 3.63) is 29.2 Å². The van der Waals surface area contributed by atoms with Crippen LogP contribution in [0.25, 0.3) is 0 Å². The molecule has 4 heteroatoms. The molecule has 15 heavy (non-hydrogen) atoms. The van der Waals surface area contributed by atoms with Gasteiger partial charge in [-0.05, 0) is 30.4 Å². The van der Waals surface area contributed by atoms with E-state index in [4.69, 9.17) is 4.79 Å². The lowest BCUT2D eigenvalue weighted by atomic mass is 10.2. The average Bonchev–Trinajstić information content (AvgIpc) is 2.74. The van der Waals surface area contributed by atoms with E-state index in [9.17, 15) is 0 Å². The minimum Gasteiger partial charge on any atom is -0.380 e. The maximum absolute atomic E-state index is 9.05. The van der Waals surface area contributed by atoms with E-state index < -0.39 is 0 Å². The van der Waals surface area contributed by atoms with Crippen LogP contribution in [0.4, 0.5) is 5.00 Å². The van der Waals surface area contributed by atoms with Crippen LogP contribution in [0.3, 0.4) is 0 Å². The monoisotopic (exact) mass is 226 g/mol. The number of hydrogen-bond donors (Lipinski definition) is 2. The van der Waals surface area contributed by atoms with Crippen molar-refractivity contribution in [1.29, 1.82) is 0 Å². The van der Waals surface area contributed by atoms with Gasteiger partial charge in [0.05, 0.1) is 5.00 Å². The second kappa shape index (κ2) is 9.43. The summed E-state index contributed by atoms with van der Waals surface area (Å²) >= 11 is 1.75. The van der Waals surface area contributed by atoms with Crippen LogP contribution in [0.15, 0.2) is 23.6 Å². The molecular weight excluding hydrogens is 208 g/mol. The third-order valence-corrected chi connectivity index (χ3v) is 2.62. The third-order valence-electron chi connectivity index (χ3n) is 1.64. The van der Waals surface area contributed by atoms with Crippen LogP contribution >= 0.6 is 11.3 Å². The van der Waals surface area contributed by atoms with Gasteiger partial charge in [-0.25, -0.2) is 0 Å². The van der Waals surface area contributed by atoms with E-state index in [0.29, 0.717) is 6.29 Å². The molecule has 0 saturated carbocycles. The van der Waals surface area contributed by atoms with E-state index in [1.807, 2.05) is 14.0 Å². The Morgan fingerprint density at radius 1 is 1.60 bits per heavy atom. The van der Waals surface area contributed by atoms with E-state index in [2.05, 4.69) is 34.6 Å². The zero-order chi connectivity index (χ0) is 11.5. The van der Waals surface area contributed by atoms with Crippen LogP contribution in [-0.4, -0.2) is 19.9 Å². The van der Waals surface area contributed by atoms with Crippen molar-refractivity contribution >= 4 is 22.6 Å². The van der Waals surface area contributed by atoms with Crippen molar-refractivity contribution in [1.82, 2.24) is 0 Å². The Kier molecular flexibility index (Phi) is 8.72. The zero-order valence-corrected chi connectivity index (χ0v) is 10.0. The molecule has 0 unspecified atom stereocenters. The summed E-state index contributed by atoms with van der Waals surface area (Å²) in [6, 6.07) is 2.16. The minimum absolute atomic E-state index is 0.139. The van der Waals surface area contributed by atoms with Gasteiger partial charge in [-0.3, -0.25) is 0 Å². The van der Waals surface area contributed by atoms with Gasteiger partial charge in [0, 0.05) is 13.6 Å². The summed E-state index contributed by atoms with van der Waals surface area (Å²) < 4.78 is 0. The van der Waals surface area contributed by atoms with E-state index in [1.165, 1.54) is 10.6 Å². The van der Waals surface area contributed by atoms with Crippen LogP contribution in [0, 0.1) is 0 Å².